The highest BCUT2D eigenvalue weighted by atomic mass is 16.6. The highest BCUT2D eigenvalue weighted by Gasteiger charge is 2.73. The third-order valence-corrected chi connectivity index (χ3v) is 14.6. The number of ether oxygens (including phenoxy) is 2. The van der Waals surface area contributed by atoms with Crippen molar-refractivity contribution < 1.29 is 39.2 Å². The molecule has 0 bridgehead atoms. The Balaban J connectivity index is 1.62. The molecule has 0 heterocycles. The van der Waals surface area contributed by atoms with Gasteiger partial charge >= 0.3 is 11.9 Å². The van der Waals surface area contributed by atoms with Gasteiger partial charge in [0, 0.05) is 17.9 Å². The molecule has 45 heavy (non-hydrogen) atoms. The number of fused-ring (bicyclic) bond motifs is 7. The van der Waals surface area contributed by atoms with Crippen LogP contribution in [0.1, 0.15) is 107 Å². The third kappa shape index (κ3) is 4.58. The number of aliphatic hydroxyl groups excluding tert-OH is 3. The Hall–Kier alpha value is -2.03. The van der Waals surface area contributed by atoms with Crippen LogP contribution in [0.2, 0.25) is 0 Å². The lowest BCUT2D eigenvalue weighted by Gasteiger charge is -2.72. The van der Waals surface area contributed by atoms with Gasteiger partial charge in [-0.2, -0.15) is 0 Å². The highest BCUT2D eigenvalue weighted by Crippen LogP contribution is 2.75. The summed E-state index contributed by atoms with van der Waals surface area (Å²) < 4.78 is 11.7. The second kappa shape index (κ2) is 11.0. The quantitative estimate of drug-likeness (QED) is 0.161. The first kappa shape index (κ1) is 34.3. The van der Waals surface area contributed by atoms with Gasteiger partial charge in [0.25, 0.3) is 0 Å². The van der Waals surface area contributed by atoms with Crippen molar-refractivity contribution >= 4 is 18.2 Å². The molecule has 0 aromatic rings. The zero-order valence-electron chi connectivity index (χ0n) is 28.8. The van der Waals surface area contributed by atoms with E-state index in [9.17, 15) is 29.7 Å². The Kier molecular flexibility index (Phi) is 8.40. The summed E-state index contributed by atoms with van der Waals surface area (Å²) in [5.41, 5.74) is -1.87. The van der Waals surface area contributed by atoms with E-state index >= 15 is 0 Å². The van der Waals surface area contributed by atoms with Gasteiger partial charge in [-0.05, 0) is 92.8 Å². The fourth-order valence-electron chi connectivity index (χ4n) is 11.5. The van der Waals surface area contributed by atoms with Crippen molar-refractivity contribution in [3.63, 3.8) is 0 Å². The molecule has 0 spiro atoms. The van der Waals surface area contributed by atoms with Crippen LogP contribution in [0.15, 0.2) is 23.3 Å². The van der Waals surface area contributed by atoms with Gasteiger partial charge in [-0.1, -0.05) is 59.3 Å². The molecule has 4 fully saturated rings. The summed E-state index contributed by atoms with van der Waals surface area (Å²) in [6.07, 6.45) is 5.93. The maximum absolute atomic E-state index is 13.0. The molecule has 8 nitrogen and oxygen atoms in total. The Morgan fingerprint density at radius 2 is 1.62 bits per heavy atom. The van der Waals surface area contributed by atoms with Gasteiger partial charge in [-0.25, -0.2) is 4.79 Å². The highest BCUT2D eigenvalue weighted by molar-refractivity contribution is 5.87. The molecule has 0 aliphatic heterocycles. The van der Waals surface area contributed by atoms with E-state index in [0.717, 1.165) is 32.0 Å². The molecule has 0 saturated heterocycles. The first-order chi connectivity index (χ1) is 20.8. The summed E-state index contributed by atoms with van der Waals surface area (Å²) in [6.45, 7) is 17.5. The Morgan fingerprint density at radius 1 is 0.956 bits per heavy atom. The van der Waals surface area contributed by atoms with Crippen molar-refractivity contribution in [2.75, 3.05) is 6.61 Å². The van der Waals surface area contributed by atoms with Gasteiger partial charge in [0.05, 0.1) is 23.0 Å². The van der Waals surface area contributed by atoms with Crippen LogP contribution in [-0.4, -0.2) is 64.6 Å². The molecule has 3 N–H and O–H groups in total. The Bertz CT molecular complexity index is 1300. The number of rotatable bonds is 5. The number of carbonyl (C=O) groups is 3. The predicted octanol–water partition coefficient (Wildman–Crippen LogP) is 5.32. The predicted molar refractivity (Wildman–Crippen MR) is 170 cm³/mol. The van der Waals surface area contributed by atoms with Crippen molar-refractivity contribution in [2.24, 2.45) is 50.2 Å². The van der Waals surface area contributed by atoms with Crippen LogP contribution < -0.4 is 0 Å². The van der Waals surface area contributed by atoms with Crippen molar-refractivity contribution in [1.82, 2.24) is 0 Å². The Morgan fingerprint density at radius 3 is 2.22 bits per heavy atom. The number of aldehydes is 1. The van der Waals surface area contributed by atoms with Crippen LogP contribution >= 0.6 is 0 Å². The van der Waals surface area contributed by atoms with E-state index < -0.39 is 58.0 Å². The fraction of sp³-hybridized carbons (Fsp3) is 0.811. The maximum atomic E-state index is 13.0. The summed E-state index contributed by atoms with van der Waals surface area (Å²) in [4.78, 5) is 37.7. The number of carbonyl (C=O) groups excluding carboxylic acids is 3. The van der Waals surface area contributed by atoms with Crippen molar-refractivity contribution in [3.05, 3.63) is 23.3 Å². The summed E-state index contributed by atoms with van der Waals surface area (Å²) in [5.74, 6) is -1.02. The average molecular weight is 629 g/mol. The standard InChI is InChI=1S/C37H56O8/c1-10-21(2)31(43)45-30-29(42)37(20-44-22(3)39)24(17-32(30,4)5)23-11-12-26-33(6)15-14-27(40)34(7,19-38)25(33)13-16-35(26,8)36(23,9)18-28(37)41/h10-11,19,24-30,40-42H,12-18,20H2,1-9H3/b21-10-/t24-,25+,26+,27-,28+,29-,30-,33-,34-,35+,36+,37-/m0/s1. The number of hydrogen-bond donors (Lipinski definition) is 3. The molecule has 4 saturated carbocycles. The van der Waals surface area contributed by atoms with Crippen LogP contribution in [0.3, 0.4) is 0 Å². The number of esters is 2. The Labute approximate surface area is 269 Å². The van der Waals surface area contributed by atoms with Crippen molar-refractivity contribution in [2.45, 2.75) is 132 Å². The normalized spacial score (nSPS) is 48.8. The monoisotopic (exact) mass is 628 g/mol. The lowest BCUT2D eigenvalue weighted by atomic mass is 9.33. The molecule has 0 radical (unpaired) electrons. The summed E-state index contributed by atoms with van der Waals surface area (Å²) in [6, 6.07) is 0. The van der Waals surface area contributed by atoms with Gasteiger partial charge < -0.3 is 29.6 Å². The number of aliphatic hydroxyl groups is 3. The fourth-order valence-corrected chi connectivity index (χ4v) is 11.5. The molecule has 0 unspecified atom stereocenters. The van der Waals surface area contributed by atoms with Crippen LogP contribution in [0, 0.1) is 50.2 Å². The minimum absolute atomic E-state index is 0.0611. The van der Waals surface area contributed by atoms with E-state index in [-0.39, 0.29) is 35.2 Å². The maximum Gasteiger partial charge on any atom is 0.333 e. The van der Waals surface area contributed by atoms with E-state index in [1.807, 2.05) is 20.8 Å². The second-order valence-corrected chi connectivity index (χ2v) is 16.9. The smallest absolute Gasteiger partial charge is 0.333 e. The van der Waals surface area contributed by atoms with E-state index in [4.69, 9.17) is 9.47 Å². The molecular formula is C37H56O8. The molecule has 5 rings (SSSR count). The van der Waals surface area contributed by atoms with Crippen LogP contribution in [0.25, 0.3) is 0 Å². The first-order valence-electron chi connectivity index (χ1n) is 17.0. The van der Waals surface area contributed by atoms with E-state index in [1.54, 1.807) is 19.9 Å². The van der Waals surface area contributed by atoms with Gasteiger partial charge in [0.2, 0.25) is 0 Å². The largest absolute Gasteiger partial charge is 0.465 e. The molecule has 5 aliphatic carbocycles. The minimum Gasteiger partial charge on any atom is -0.465 e. The summed E-state index contributed by atoms with van der Waals surface area (Å²) in [5, 5.41) is 35.6. The van der Waals surface area contributed by atoms with Crippen LogP contribution in [-0.2, 0) is 23.9 Å². The number of allylic oxidation sites excluding steroid dienone is 3. The zero-order valence-corrected chi connectivity index (χ0v) is 28.8. The lowest BCUT2D eigenvalue weighted by molar-refractivity contribution is -0.261. The van der Waals surface area contributed by atoms with E-state index in [1.165, 1.54) is 12.5 Å². The summed E-state index contributed by atoms with van der Waals surface area (Å²) >= 11 is 0. The van der Waals surface area contributed by atoms with Crippen molar-refractivity contribution in [3.8, 4) is 0 Å². The van der Waals surface area contributed by atoms with Gasteiger partial charge in [0.1, 0.15) is 25.1 Å². The van der Waals surface area contributed by atoms with Gasteiger partial charge in [-0.3, -0.25) is 4.79 Å². The summed E-state index contributed by atoms with van der Waals surface area (Å²) in [7, 11) is 0. The molecule has 0 aromatic carbocycles. The van der Waals surface area contributed by atoms with Crippen molar-refractivity contribution in [1.29, 1.82) is 0 Å². The molecule has 8 heteroatoms. The molecule has 5 aliphatic rings. The van der Waals surface area contributed by atoms with Gasteiger partial charge in [-0.15, -0.1) is 0 Å². The van der Waals surface area contributed by atoms with E-state index in [0.29, 0.717) is 24.8 Å². The topological polar surface area (TPSA) is 130 Å². The average Bonchev–Trinajstić information content (AvgIpc) is 2.96. The minimum atomic E-state index is -1.27. The molecule has 0 aromatic heterocycles. The molecule has 0 amide bonds. The SMILES string of the molecule is C/C=C(/C)C(=O)O[C@H]1[C@H](O)[C@]2(COC(C)=O)[C@H](O)C[C@]3(C)C(=CC[C@@H]4[C@@]5(C)CC[C@H](O)[C@@](C)(C=O)[C@@H]5CC[C@]43C)[C@@H]2CC1(C)C. The third-order valence-electron chi connectivity index (χ3n) is 14.6. The second-order valence-electron chi connectivity index (χ2n) is 16.9. The first-order valence-corrected chi connectivity index (χ1v) is 17.0. The van der Waals surface area contributed by atoms with Gasteiger partial charge in [0.15, 0.2) is 0 Å². The molecular weight excluding hydrogens is 572 g/mol. The van der Waals surface area contributed by atoms with E-state index in [2.05, 4.69) is 26.8 Å². The molecule has 12 atom stereocenters. The van der Waals surface area contributed by atoms with Crippen LogP contribution in [0.4, 0.5) is 0 Å². The number of hydrogen-bond acceptors (Lipinski definition) is 8. The van der Waals surface area contributed by atoms with Crippen LogP contribution in [0.5, 0.6) is 0 Å². The zero-order chi connectivity index (χ0) is 33.5. The lowest BCUT2D eigenvalue weighted by Crippen LogP contribution is -2.72. The molecule has 252 valence electrons.